The van der Waals surface area contributed by atoms with Gasteiger partial charge in [0.15, 0.2) is 14.1 Å². The number of aromatic nitrogens is 1. The van der Waals surface area contributed by atoms with Crippen molar-refractivity contribution in [2.75, 3.05) is 7.11 Å². The van der Waals surface area contributed by atoms with Gasteiger partial charge in [0, 0.05) is 27.6 Å². The van der Waals surface area contributed by atoms with Gasteiger partial charge in [-0.1, -0.05) is 20.8 Å². The smallest absolute Gasteiger partial charge is 0.341 e. The number of aromatic carboxylic acids is 1. The Labute approximate surface area is 242 Å². The van der Waals surface area contributed by atoms with Crippen LogP contribution in [-0.2, 0) is 10.8 Å². The Morgan fingerprint density at radius 2 is 1.88 bits per heavy atom. The minimum Gasteiger partial charge on any atom is -0.494 e. The molecule has 2 aromatic carbocycles. The largest absolute Gasteiger partial charge is 0.494 e. The minimum absolute atomic E-state index is 0.00513. The number of carbonyl (C=O) groups is 1. The maximum absolute atomic E-state index is 15.0. The lowest BCUT2D eigenvalue weighted by Crippen LogP contribution is -2.42. The van der Waals surface area contributed by atoms with E-state index in [2.05, 4.69) is 39.9 Å². The van der Waals surface area contributed by atoms with Gasteiger partial charge in [-0.25, -0.2) is 13.6 Å². The molecule has 5 rings (SSSR count). The molecule has 41 heavy (non-hydrogen) atoms. The van der Waals surface area contributed by atoms with Gasteiger partial charge in [-0.05, 0) is 73.3 Å². The first-order chi connectivity index (χ1) is 19.2. The molecule has 2 heterocycles. The van der Waals surface area contributed by atoms with Gasteiger partial charge in [0.2, 0.25) is 5.43 Å². The molecule has 0 amide bonds. The average Bonchev–Trinajstić information content (AvgIpc) is 3.33. The average molecular weight is 598 g/mol. The Balaban J connectivity index is 1.73. The number of nitrogens with zero attached hydrogens (tertiary/aromatic N) is 1. The summed E-state index contributed by atoms with van der Waals surface area (Å²) < 4.78 is 42.8. The number of hydrogen-bond donors (Lipinski definition) is 1. The zero-order valence-electron chi connectivity index (χ0n) is 23.9. The highest BCUT2D eigenvalue weighted by atomic mass is 32.1. The number of benzene rings is 2. The fraction of sp³-hybridized carbons (Fsp3) is 0.355. The van der Waals surface area contributed by atoms with Crippen LogP contribution in [0.5, 0.6) is 5.75 Å². The second-order valence-corrected chi connectivity index (χ2v) is 17.8. The number of thiophene rings is 1. The molecular weight excluding hydrogens is 564 g/mol. The summed E-state index contributed by atoms with van der Waals surface area (Å²) in [4.78, 5) is 27.2. The van der Waals surface area contributed by atoms with Crippen molar-refractivity contribution >= 4 is 36.5 Å². The Bertz CT molecular complexity index is 1740. The van der Waals surface area contributed by atoms with Crippen LogP contribution in [0.3, 0.4) is 0 Å². The predicted molar refractivity (Wildman–Crippen MR) is 160 cm³/mol. The molecule has 0 fully saturated rings. The van der Waals surface area contributed by atoms with E-state index < -0.39 is 36.9 Å². The highest BCUT2D eigenvalue weighted by Gasteiger charge is 2.40. The third kappa shape index (κ3) is 5.13. The Kier molecular flexibility index (Phi) is 7.46. The maximum atomic E-state index is 15.0. The first-order valence-corrected chi connectivity index (χ1v) is 17.2. The van der Waals surface area contributed by atoms with Crippen molar-refractivity contribution in [3.63, 3.8) is 0 Å². The van der Waals surface area contributed by atoms with Gasteiger partial charge in [0.1, 0.15) is 22.7 Å². The number of pyridine rings is 1. The van der Waals surface area contributed by atoms with Gasteiger partial charge in [0.05, 0.1) is 24.3 Å². The summed E-state index contributed by atoms with van der Waals surface area (Å²) >= 11 is 1.62. The molecule has 0 saturated heterocycles. The Hall–Kier alpha value is -3.34. The lowest BCUT2D eigenvalue weighted by atomic mass is 9.96. The van der Waals surface area contributed by atoms with E-state index in [4.69, 9.17) is 9.16 Å². The molecule has 0 bridgehead atoms. The van der Waals surface area contributed by atoms with Crippen molar-refractivity contribution in [1.82, 2.24) is 4.57 Å². The fourth-order valence-electron chi connectivity index (χ4n) is 5.11. The van der Waals surface area contributed by atoms with E-state index in [1.54, 1.807) is 23.5 Å². The van der Waals surface area contributed by atoms with E-state index in [9.17, 15) is 19.1 Å². The van der Waals surface area contributed by atoms with Crippen LogP contribution in [0.2, 0.25) is 18.1 Å². The van der Waals surface area contributed by atoms with Gasteiger partial charge in [-0.15, -0.1) is 11.3 Å². The predicted octanol–water partition coefficient (Wildman–Crippen LogP) is 8.10. The first kappa shape index (κ1) is 29.2. The molecule has 1 N–H and O–H groups in total. The number of hydrogen-bond acceptors (Lipinski definition) is 5. The van der Waals surface area contributed by atoms with E-state index in [0.29, 0.717) is 17.4 Å². The highest BCUT2D eigenvalue weighted by Crippen LogP contribution is 2.48. The van der Waals surface area contributed by atoms with Crippen LogP contribution in [0.4, 0.5) is 8.78 Å². The summed E-state index contributed by atoms with van der Waals surface area (Å²) in [5.41, 5.74) is 0.737. The number of carboxylic acid groups (broad SMARTS) is 1. The van der Waals surface area contributed by atoms with Crippen molar-refractivity contribution in [1.29, 1.82) is 0 Å². The van der Waals surface area contributed by atoms with E-state index in [1.165, 1.54) is 28.2 Å². The van der Waals surface area contributed by atoms with E-state index >= 15 is 4.39 Å². The Morgan fingerprint density at radius 3 is 2.51 bits per heavy atom. The standard InChI is InChI=1S/C31H33F2NO5SSi/c1-31(2,3)41(5,6)39-24-9-7-8-17-14-25(40-29(17)24)19-11-12-20-26(28(19)38-4)34(16-21(27(20)35)30(36)37)23-13-10-18(32)15-22(23)33/h10-16,24H,7-9H2,1-6H3,(H,36,37). The number of halogens is 2. The third-order valence-electron chi connectivity index (χ3n) is 8.28. The number of aryl methyl sites for hydroxylation is 1. The summed E-state index contributed by atoms with van der Waals surface area (Å²) in [6.07, 6.45) is 3.94. The molecule has 6 nitrogen and oxygen atoms in total. The second kappa shape index (κ2) is 10.5. The SMILES string of the molecule is COc1c(-c2cc3c(s2)C(O[Si](C)(C)C(C)(C)C)CCC3)ccc2c(=O)c(C(=O)O)cn(-c3ccc(F)cc3F)c12. The monoisotopic (exact) mass is 597 g/mol. The summed E-state index contributed by atoms with van der Waals surface area (Å²) in [5, 5.41) is 9.83. The summed E-state index contributed by atoms with van der Waals surface area (Å²) in [6, 6.07) is 8.40. The number of ether oxygens (including phenoxy) is 1. The molecule has 216 valence electrons. The molecular formula is C31H33F2NO5SSi. The van der Waals surface area contributed by atoms with Gasteiger partial charge >= 0.3 is 5.97 Å². The lowest BCUT2D eigenvalue weighted by molar-refractivity contribution is 0.0695. The molecule has 4 aromatic rings. The van der Waals surface area contributed by atoms with Crippen LogP contribution in [0.15, 0.2) is 47.4 Å². The van der Waals surface area contributed by atoms with E-state index in [1.807, 2.05) is 0 Å². The minimum atomic E-state index is -2.03. The normalized spacial score (nSPS) is 15.7. The van der Waals surface area contributed by atoms with Gasteiger partial charge < -0.3 is 18.8 Å². The molecule has 2 aromatic heterocycles. The van der Waals surface area contributed by atoms with Crippen molar-refractivity contribution in [2.24, 2.45) is 0 Å². The van der Waals surface area contributed by atoms with Crippen LogP contribution in [0, 0.1) is 11.6 Å². The molecule has 1 atom stereocenters. The lowest BCUT2D eigenvalue weighted by Gasteiger charge is -2.40. The van der Waals surface area contributed by atoms with Gasteiger partial charge in [-0.3, -0.25) is 4.79 Å². The molecule has 10 heteroatoms. The van der Waals surface area contributed by atoms with E-state index in [0.717, 1.165) is 36.4 Å². The third-order valence-corrected chi connectivity index (χ3v) is 14.1. The van der Waals surface area contributed by atoms with Crippen LogP contribution < -0.4 is 10.2 Å². The Morgan fingerprint density at radius 1 is 1.15 bits per heavy atom. The number of fused-ring (bicyclic) bond motifs is 2. The fourth-order valence-corrected chi connectivity index (χ4v) is 7.79. The van der Waals surface area contributed by atoms with Crippen LogP contribution in [0.25, 0.3) is 27.0 Å². The molecule has 0 saturated carbocycles. The van der Waals surface area contributed by atoms with Crippen LogP contribution in [0.1, 0.15) is 60.5 Å². The van der Waals surface area contributed by atoms with Crippen LogP contribution in [-0.4, -0.2) is 31.1 Å². The van der Waals surface area contributed by atoms with Crippen LogP contribution >= 0.6 is 11.3 Å². The molecule has 1 aliphatic carbocycles. The van der Waals surface area contributed by atoms with Crippen molar-refractivity contribution in [3.05, 3.63) is 80.5 Å². The topological polar surface area (TPSA) is 77.8 Å². The maximum Gasteiger partial charge on any atom is 0.341 e. The molecule has 0 aliphatic heterocycles. The van der Waals surface area contributed by atoms with E-state index in [-0.39, 0.29) is 27.7 Å². The zero-order chi connectivity index (χ0) is 29.9. The molecule has 1 unspecified atom stereocenters. The molecule has 0 spiro atoms. The quantitative estimate of drug-likeness (QED) is 0.227. The summed E-state index contributed by atoms with van der Waals surface area (Å²) in [5.74, 6) is -2.84. The highest BCUT2D eigenvalue weighted by molar-refractivity contribution is 7.15. The van der Waals surface area contributed by atoms with Crippen molar-refractivity contribution in [3.8, 4) is 21.9 Å². The summed E-state index contributed by atoms with van der Waals surface area (Å²) in [6.45, 7) is 11.2. The zero-order valence-corrected chi connectivity index (χ0v) is 25.7. The second-order valence-electron chi connectivity index (χ2n) is 11.9. The molecule has 1 aliphatic rings. The first-order valence-electron chi connectivity index (χ1n) is 13.5. The number of methoxy groups -OCH3 is 1. The number of rotatable bonds is 6. The van der Waals surface area contributed by atoms with Gasteiger partial charge in [-0.2, -0.15) is 0 Å². The van der Waals surface area contributed by atoms with Gasteiger partial charge in [0.25, 0.3) is 0 Å². The van der Waals surface area contributed by atoms with Crippen molar-refractivity contribution < 1.29 is 27.8 Å². The summed E-state index contributed by atoms with van der Waals surface area (Å²) in [7, 11) is -0.572. The van der Waals surface area contributed by atoms with Crippen molar-refractivity contribution in [2.45, 2.75) is 64.3 Å². The molecule has 0 radical (unpaired) electrons. The number of carboxylic acids is 1.